The Morgan fingerprint density at radius 2 is 1.90 bits per heavy atom. The Morgan fingerprint density at radius 1 is 1.10 bits per heavy atom. The molecule has 106 valence electrons. The quantitative estimate of drug-likeness (QED) is 0.725. The topological polar surface area (TPSA) is 69.6 Å². The van der Waals surface area contributed by atoms with E-state index in [2.05, 4.69) is 31.5 Å². The van der Waals surface area contributed by atoms with E-state index in [9.17, 15) is 0 Å². The van der Waals surface area contributed by atoms with Gasteiger partial charge in [0.15, 0.2) is 5.82 Å². The van der Waals surface area contributed by atoms with Crippen LogP contribution in [-0.4, -0.2) is 20.2 Å². The van der Waals surface area contributed by atoms with Crippen LogP contribution >= 0.6 is 15.9 Å². The van der Waals surface area contributed by atoms with Crippen molar-refractivity contribution < 1.29 is 0 Å². The molecule has 2 aromatic carbocycles. The summed E-state index contributed by atoms with van der Waals surface area (Å²) in [6.45, 7) is 3.99. The number of anilines is 1. The highest BCUT2D eigenvalue weighted by Crippen LogP contribution is 2.29. The second-order valence-electron chi connectivity index (χ2n) is 4.88. The molecule has 0 radical (unpaired) electrons. The van der Waals surface area contributed by atoms with Crippen LogP contribution in [0.15, 0.2) is 40.9 Å². The first-order chi connectivity index (χ1) is 10.1. The minimum atomic E-state index is 0.636. The highest BCUT2D eigenvalue weighted by molar-refractivity contribution is 9.10. The van der Waals surface area contributed by atoms with Crippen molar-refractivity contribution in [2.24, 2.45) is 0 Å². The van der Waals surface area contributed by atoms with Gasteiger partial charge in [0.25, 0.3) is 0 Å². The van der Waals surface area contributed by atoms with Gasteiger partial charge in [-0.1, -0.05) is 34.1 Å². The standard InChI is InChI=1S/C15H14BrN5/c1-9-6-7-11(16)8-13(9)21-15(18-19-20-21)12-5-3-4-10(2)14(12)17/h3-8H,17H2,1-2H3. The highest BCUT2D eigenvalue weighted by Gasteiger charge is 2.15. The summed E-state index contributed by atoms with van der Waals surface area (Å²) < 4.78 is 2.69. The molecule has 0 spiro atoms. The van der Waals surface area contributed by atoms with Crippen molar-refractivity contribution in [2.75, 3.05) is 5.73 Å². The molecule has 0 atom stereocenters. The first kappa shape index (κ1) is 13.8. The Labute approximate surface area is 130 Å². The van der Waals surface area contributed by atoms with Gasteiger partial charge in [0, 0.05) is 15.7 Å². The number of hydrogen-bond donors (Lipinski definition) is 1. The van der Waals surface area contributed by atoms with Gasteiger partial charge in [-0.2, -0.15) is 4.68 Å². The van der Waals surface area contributed by atoms with Gasteiger partial charge in [-0.3, -0.25) is 0 Å². The lowest BCUT2D eigenvalue weighted by Crippen LogP contribution is -2.04. The van der Waals surface area contributed by atoms with E-state index in [-0.39, 0.29) is 0 Å². The van der Waals surface area contributed by atoms with Crippen molar-refractivity contribution >= 4 is 21.6 Å². The third-order valence-electron chi connectivity index (χ3n) is 3.43. The summed E-state index contributed by atoms with van der Waals surface area (Å²) in [4.78, 5) is 0. The average Bonchev–Trinajstić information content (AvgIpc) is 2.93. The number of nitrogens with two attached hydrogens (primary N) is 1. The van der Waals surface area contributed by atoms with Crippen molar-refractivity contribution in [3.8, 4) is 17.1 Å². The summed E-state index contributed by atoms with van der Waals surface area (Å²) in [6, 6.07) is 11.8. The number of nitrogen functional groups attached to an aromatic ring is 1. The summed E-state index contributed by atoms with van der Waals surface area (Å²) in [7, 11) is 0. The van der Waals surface area contributed by atoms with Gasteiger partial charge in [-0.05, 0) is 53.6 Å². The van der Waals surface area contributed by atoms with Crippen LogP contribution in [0.1, 0.15) is 11.1 Å². The highest BCUT2D eigenvalue weighted by atomic mass is 79.9. The molecule has 1 aromatic heterocycles. The van der Waals surface area contributed by atoms with Crippen LogP contribution in [0.3, 0.4) is 0 Å². The molecule has 6 heteroatoms. The van der Waals surface area contributed by atoms with E-state index in [0.717, 1.165) is 26.9 Å². The number of hydrogen-bond acceptors (Lipinski definition) is 4. The molecule has 21 heavy (non-hydrogen) atoms. The zero-order valence-corrected chi connectivity index (χ0v) is 13.3. The predicted molar refractivity (Wildman–Crippen MR) is 86.2 cm³/mol. The van der Waals surface area contributed by atoms with Gasteiger partial charge in [-0.15, -0.1) is 5.10 Å². The van der Waals surface area contributed by atoms with Gasteiger partial charge >= 0.3 is 0 Å². The number of rotatable bonds is 2. The zero-order valence-electron chi connectivity index (χ0n) is 11.7. The smallest absolute Gasteiger partial charge is 0.189 e. The Bertz CT molecular complexity index is 793. The molecule has 0 aliphatic rings. The average molecular weight is 344 g/mol. The maximum Gasteiger partial charge on any atom is 0.189 e. The maximum absolute atomic E-state index is 6.17. The number of para-hydroxylation sites is 1. The van der Waals surface area contributed by atoms with Crippen molar-refractivity contribution in [3.05, 3.63) is 52.0 Å². The van der Waals surface area contributed by atoms with E-state index in [1.807, 2.05) is 50.2 Å². The third kappa shape index (κ3) is 2.42. The van der Waals surface area contributed by atoms with Crippen molar-refractivity contribution in [2.45, 2.75) is 13.8 Å². The molecule has 1 heterocycles. The fourth-order valence-electron chi connectivity index (χ4n) is 2.20. The molecule has 5 nitrogen and oxygen atoms in total. The molecule has 0 aliphatic carbocycles. The Hall–Kier alpha value is -2.21. The number of nitrogens with zero attached hydrogens (tertiary/aromatic N) is 4. The van der Waals surface area contributed by atoms with E-state index >= 15 is 0 Å². The molecular formula is C15H14BrN5. The van der Waals surface area contributed by atoms with Gasteiger partial charge in [-0.25, -0.2) is 0 Å². The van der Waals surface area contributed by atoms with Crippen molar-refractivity contribution in [1.82, 2.24) is 20.2 Å². The van der Waals surface area contributed by atoms with Crippen LogP contribution in [0.5, 0.6) is 0 Å². The first-order valence-corrected chi connectivity index (χ1v) is 7.27. The molecule has 0 amide bonds. The summed E-state index contributed by atoms with van der Waals surface area (Å²) >= 11 is 3.48. The third-order valence-corrected chi connectivity index (χ3v) is 3.93. The molecule has 3 aromatic rings. The fourth-order valence-corrected chi connectivity index (χ4v) is 2.55. The van der Waals surface area contributed by atoms with Crippen LogP contribution in [-0.2, 0) is 0 Å². The SMILES string of the molecule is Cc1ccc(Br)cc1-n1nnnc1-c1cccc(C)c1N. The monoisotopic (exact) mass is 343 g/mol. The van der Waals surface area contributed by atoms with Crippen LogP contribution in [0.25, 0.3) is 17.1 Å². The molecule has 0 fully saturated rings. The van der Waals surface area contributed by atoms with E-state index < -0.39 is 0 Å². The Morgan fingerprint density at radius 3 is 2.71 bits per heavy atom. The Kier molecular flexibility index (Phi) is 3.47. The zero-order chi connectivity index (χ0) is 15.0. The molecule has 3 rings (SSSR count). The molecular weight excluding hydrogens is 330 g/mol. The maximum atomic E-state index is 6.17. The van der Waals surface area contributed by atoms with Crippen LogP contribution in [0.2, 0.25) is 0 Å². The Balaban J connectivity index is 2.22. The molecule has 2 N–H and O–H groups in total. The summed E-state index contributed by atoms with van der Waals surface area (Å²) in [5.74, 6) is 0.636. The van der Waals surface area contributed by atoms with Crippen molar-refractivity contribution in [1.29, 1.82) is 0 Å². The molecule has 0 aliphatic heterocycles. The van der Waals surface area contributed by atoms with Gasteiger partial charge in [0.2, 0.25) is 0 Å². The number of tetrazole rings is 1. The van der Waals surface area contributed by atoms with Gasteiger partial charge in [0.05, 0.1) is 5.69 Å². The minimum Gasteiger partial charge on any atom is -0.398 e. The number of benzene rings is 2. The van der Waals surface area contributed by atoms with Crippen LogP contribution in [0, 0.1) is 13.8 Å². The van der Waals surface area contributed by atoms with Crippen LogP contribution in [0.4, 0.5) is 5.69 Å². The lowest BCUT2D eigenvalue weighted by molar-refractivity contribution is 0.787. The molecule has 0 saturated heterocycles. The lowest BCUT2D eigenvalue weighted by Gasteiger charge is -2.11. The van der Waals surface area contributed by atoms with E-state index in [1.165, 1.54) is 0 Å². The second-order valence-corrected chi connectivity index (χ2v) is 5.80. The summed E-state index contributed by atoms with van der Waals surface area (Å²) in [5.41, 5.74) is 10.7. The summed E-state index contributed by atoms with van der Waals surface area (Å²) in [6.07, 6.45) is 0. The normalized spacial score (nSPS) is 10.8. The van der Waals surface area contributed by atoms with E-state index in [4.69, 9.17) is 5.73 Å². The summed E-state index contributed by atoms with van der Waals surface area (Å²) in [5, 5.41) is 12.1. The van der Waals surface area contributed by atoms with E-state index in [1.54, 1.807) is 4.68 Å². The predicted octanol–water partition coefficient (Wildman–Crippen LogP) is 3.29. The lowest BCUT2D eigenvalue weighted by atomic mass is 10.1. The molecule has 0 saturated carbocycles. The minimum absolute atomic E-state index is 0.636. The molecule has 0 bridgehead atoms. The fraction of sp³-hybridized carbons (Fsp3) is 0.133. The second kappa shape index (κ2) is 5.29. The van der Waals surface area contributed by atoms with Crippen LogP contribution < -0.4 is 5.73 Å². The molecule has 0 unspecified atom stereocenters. The first-order valence-electron chi connectivity index (χ1n) is 6.48. The number of aromatic nitrogens is 4. The van der Waals surface area contributed by atoms with Gasteiger partial charge < -0.3 is 5.73 Å². The number of halogens is 1. The van der Waals surface area contributed by atoms with E-state index in [0.29, 0.717) is 11.5 Å². The van der Waals surface area contributed by atoms with Gasteiger partial charge in [0.1, 0.15) is 0 Å². The number of aryl methyl sites for hydroxylation is 2. The largest absolute Gasteiger partial charge is 0.398 e. The van der Waals surface area contributed by atoms with Crippen molar-refractivity contribution in [3.63, 3.8) is 0 Å².